The number of aromatic amines is 1. The van der Waals surface area contributed by atoms with Crippen molar-refractivity contribution in [3.05, 3.63) is 24.8 Å². The van der Waals surface area contributed by atoms with Crippen molar-refractivity contribution in [3.63, 3.8) is 0 Å². The van der Waals surface area contributed by atoms with Crippen LogP contribution in [0.15, 0.2) is 24.8 Å². The highest BCUT2D eigenvalue weighted by molar-refractivity contribution is 6.09. The molecule has 1 amide bonds. The zero-order valence-electron chi connectivity index (χ0n) is 12.0. The number of piperidine rings is 1. The summed E-state index contributed by atoms with van der Waals surface area (Å²) >= 11 is 0. The molecule has 1 aliphatic rings. The van der Waals surface area contributed by atoms with Crippen LogP contribution in [0.2, 0.25) is 0 Å². The van der Waals surface area contributed by atoms with Gasteiger partial charge in [-0.15, -0.1) is 0 Å². The number of anilines is 1. The molecule has 0 aliphatic carbocycles. The monoisotopic (exact) mass is 296 g/mol. The predicted octanol–water partition coefficient (Wildman–Crippen LogP) is 1.35. The SMILES string of the molecule is NC(=O)C1CCCCN1c1nc[nH]c2cnc3nccc3c12. The van der Waals surface area contributed by atoms with Crippen LogP contribution in [0, 0.1) is 0 Å². The predicted molar refractivity (Wildman–Crippen MR) is 83.4 cm³/mol. The zero-order chi connectivity index (χ0) is 15.1. The second kappa shape index (κ2) is 4.94. The maximum atomic E-state index is 11.8. The van der Waals surface area contributed by atoms with E-state index in [9.17, 15) is 4.79 Å². The maximum Gasteiger partial charge on any atom is 0.240 e. The van der Waals surface area contributed by atoms with Crippen molar-refractivity contribution in [1.82, 2.24) is 19.9 Å². The molecule has 3 aromatic rings. The number of pyridine rings is 1. The van der Waals surface area contributed by atoms with Gasteiger partial charge >= 0.3 is 0 Å². The van der Waals surface area contributed by atoms with Crippen molar-refractivity contribution in [3.8, 4) is 0 Å². The molecule has 0 saturated carbocycles. The topological polar surface area (TPSA) is 101 Å². The van der Waals surface area contributed by atoms with Gasteiger partial charge in [-0.2, -0.15) is 0 Å². The third kappa shape index (κ3) is 1.89. The smallest absolute Gasteiger partial charge is 0.240 e. The van der Waals surface area contributed by atoms with Crippen LogP contribution in [0.5, 0.6) is 0 Å². The first-order valence-corrected chi connectivity index (χ1v) is 7.38. The summed E-state index contributed by atoms with van der Waals surface area (Å²) < 4.78 is 0. The van der Waals surface area contributed by atoms with Crippen molar-refractivity contribution >= 4 is 33.7 Å². The van der Waals surface area contributed by atoms with Crippen LogP contribution in [0.4, 0.5) is 5.82 Å². The Hall–Kier alpha value is -2.70. The Balaban J connectivity index is 1.97. The fourth-order valence-electron chi connectivity index (χ4n) is 3.24. The Labute approximate surface area is 126 Å². The number of aromatic nitrogens is 4. The highest BCUT2D eigenvalue weighted by atomic mass is 16.1. The van der Waals surface area contributed by atoms with E-state index in [0.29, 0.717) is 5.65 Å². The molecular formula is C15H16N6O. The van der Waals surface area contributed by atoms with E-state index in [0.717, 1.165) is 47.9 Å². The molecule has 0 aromatic carbocycles. The second-order valence-electron chi connectivity index (χ2n) is 5.56. The summed E-state index contributed by atoms with van der Waals surface area (Å²) in [7, 11) is 0. The number of fused-ring (bicyclic) bond motifs is 3. The molecule has 0 radical (unpaired) electrons. The molecule has 1 fully saturated rings. The van der Waals surface area contributed by atoms with Crippen molar-refractivity contribution in [1.29, 1.82) is 0 Å². The zero-order valence-corrected chi connectivity index (χ0v) is 12.0. The number of primary amides is 1. The first-order chi connectivity index (χ1) is 10.8. The standard InChI is InChI=1S/C15H16N6O/c16-13(22)11-3-1-2-6-21(11)15-12-9-4-5-17-14(9)18-7-10(12)19-8-20-15/h4-5,7-8,11H,1-3,6H2,(H2,16,22)(H,19,20). The number of nitrogens with zero attached hydrogens (tertiary/aromatic N) is 4. The maximum absolute atomic E-state index is 11.8. The van der Waals surface area contributed by atoms with Crippen LogP contribution in [-0.2, 0) is 4.79 Å². The molecule has 4 rings (SSSR count). The number of H-pyrrole nitrogens is 1. The Bertz CT molecular complexity index is 857. The summed E-state index contributed by atoms with van der Waals surface area (Å²) in [5.41, 5.74) is 7.15. The lowest BCUT2D eigenvalue weighted by Crippen LogP contribution is -2.48. The summed E-state index contributed by atoms with van der Waals surface area (Å²) in [6.45, 7) is 0.775. The summed E-state index contributed by atoms with van der Waals surface area (Å²) in [5, 5.41) is 1.88. The van der Waals surface area contributed by atoms with Gasteiger partial charge in [0.05, 0.1) is 23.4 Å². The molecular weight excluding hydrogens is 280 g/mol. The third-order valence-electron chi connectivity index (χ3n) is 4.27. The van der Waals surface area contributed by atoms with Gasteiger partial charge in [0.1, 0.15) is 11.9 Å². The summed E-state index contributed by atoms with van der Waals surface area (Å²) in [6.07, 6.45) is 7.92. The van der Waals surface area contributed by atoms with E-state index in [1.54, 1.807) is 18.7 Å². The van der Waals surface area contributed by atoms with Crippen molar-refractivity contribution in [2.75, 3.05) is 11.4 Å². The van der Waals surface area contributed by atoms with Crippen LogP contribution in [-0.4, -0.2) is 38.4 Å². The largest absolute Gasteiger partial charge is 0.368 e. The number of amides is 1. The van der Waals surface area contributed by atoms with E-state index >= 15 is 0 Å². The molecule has 22 heavy (non-hydrogen) atoms. The molecule has 4 heterocycles. The van der Waals surface area contributed by atoms with Gasteiger partial charge in [-0.3, -0.25) is 4.79 Å². The Morgan fingerprint density at radius 1 is 1.32 bits per heavy atom. The molecule has 1 saturated heterocycles. The highest BCUT2D eigenvalue weighted by Gasteiger charge is 2.29. The van der Waals surface area contributed by atoms with Gasteiger partial charge in [0.15, 0.2) is 5.65 Å². The normalized spacial score (nSPS) is 18.9. The lowest BCUT2D eigenvalue weighted by molar-refractivity contribution is -0.119. The van der Waals surface area contributed by atoms with Crippen LogP contribution < -0.4 is 10.6 Å². The Morgan fingerprint density at radius 3 is 3.09 bits per heavy atom. The van der Waals surface area contributed by atoms with Crippen molar-refractivity contribution in [2.45, 2.75) is 25.3 Å². The first-order valence-electron chi connectivity index (χ1n) is 7.38. The second-order valence-corrected chi connectivity index (χ2v) is 5.56. The number of hydrogen-bond acceptors (Lipinski definition) is 5. The number of nitrogens with two attached hydrogens (primary N) is 1. The molecule has 7 nitrogen and oxygen atoms in total. The van der Waals surface area contributed by atoms with Crippen LogP contribution in [0.25, 0.3) is 21.9 Å². The van der Waals surface area contributed by atoms with Gasteiger partial charge in [-0.05, 0) is 25.3 Å². The van der Waals surface area contributed by atoms with Gasteiger partial charge in [0, 0.05) is 18.1 Å². The van der Waals surface area contributed by atoms with Crippen molar-refractivity contribution in [2.24, 2.45) is 5.73 Å². The molecule has 1 atom stereocenters. The molecule has 3 N–H and O–H groups in total. The number of carbonyl (C=O) groups is 1. The van der Waals surface area contributed by atoms with E-state index < -0.39 is 0 Å². The number of hydrogen-bond donors (Lipinski definition) is 2. The van der Waals surface area contributed by atoms with Gasteiger partial charge in [-0.1, -0.05) is 0 Å². The van der Waals surface area contributed by atoms with Crippen molar-refractivity contribution < 1.29 is 4.79 Å². The van der Waals surface area contributed by atoms with Gasteiger partial charge < -0.3 is 15.6 Å². The number of nitrogens with one attached hydrogen (secondary N) is 1. The van der Waals surface area contributed by atoms with E-state index in [-0.39, 0.29) is 11.9 Å². The quantitative estimate of drug-likeness (QED) is 0.743. The van der Waals surface area contributed by atoms with E-state index in [1.165, 1.54) is 0 Å². The van der Waals surface area contributed by atoms with Gasteiger partial charge in [0.25, 0.3) is 0 Å². The molecule has 3 aromatic heterocycles. The minimum Gasteiger partial charge on any atom is -0.368 e. The highest BCUT2D eigenvalue weighted by Crippen LogP contribution is 2.32. The van der Waals surface area contributed by atoms with E-state index in [4.69, 9.17) is 5.73 Å². The molecule has 0 spiro atoms. The number of carbonyl (C=O) groups excluding carboxylic acids is 1. The van der Waals surface area contributed by atoms with E-state index in [1.807, 2.05) is 11.0 Å². The lowest BCUT2D eigenvalue weighted by atomic mass is 10.0. The van der Waals surface area contributed by atoms with Gasteiger partial charge in [0.2, 0.25) is 5.91 Å². The Morgan fingerprint density at radius 2 is 2.23 bits per heavy atom. The fraction of sp³-hybridized carbons (Fsp3) is 0.333. The summed E-state index contributed by atoms with van der Waals surface area (Å²) in [4.78, 5) is 30.0. The molecule has 1 aliphatic heterocycles. The Kier molecular flexibility index (Phi) is 2.92. The van der Waals surface area contributed by atoms with Crippen LogP contribution in [0.1, 0.15) is 19.3 Å². The summed E-state index contributed by atoms with van der Waals surface area (Å²) in [6, 6.07) is 1.62. The summed E-state index contributed by atoms with van der Waals surface area (Å²) in [5.74, 6) is 0.478. The molecule has 7 heteroatoms. The fourth-order valence-corrected chi connectivity index (χ4v) is 3.24. The molecule has 1 unspecified atom stereocenters. The van der Waals surface area contributed by atoms with Gasteiger partial charge in [-0.25, -0.2) is 15.0 Å². The third-order valence-corrected chi connectivity index (χ3v) is 4.27. The number of rotatable bonds is 2. The minimum absolute atomic E-state index is 0.298. The van der Waals surface area contributed by atoms with Crippen LogP contribution in [0.3, 0.4) is 0 Å². The van der Waals surface area contributed by atoms with Crippen LogP contribution >= 0.6 is 0 Å². The average molecular weight is 296 g/mol. The molecule has 112 valence electrons. The molecule has 0 bridgehead atoms. The lowest BCUT2D eigenvalue weighted by Gasteiger charge is -2.35. The first kappa shape index (κ1) is 13.0. The van der Waals surface area contributed by atoms with E-state index in [2.05, 4.69) is 19.9 Å². The average Bonchev–Trinajstić information content (AvgIpc) is 3.03. The minimum atomic E-state index is -0.307.